The molecule has 1 aliphatic rings. The van der Waals surface area contributed by atoms with Gasteiger partial charge in [-0.05, 0) is 4.64 Å². The van der Waals surface area contributed by atoms with Crippen LogP contribution in [0.1, 0.15) is 0 Å². The second-order valence-corrected chi connectivity index (χ2v) is 7.26. The monoisotopic (exact) mass is 393 g/mol. The van der Waals surface area contributed by atoms with E-state index < -0.39 is 13.2 Å². The third kappa shape index (κ3) is 2.11. The van der Waals surface area contributed by atoms with Crippen LogP contribution in [-0.2, 0) is 0 Å². The number of nitrogens with zero attached hydrogens (tertiary/aromatic N) is 3. The lowest BCUT2D eigenvalue weighted by atomic mass is 10.3. The first kappa shape index (κ1) is 15.5. The van der Waals surface area contributed by atoms with E-state index in [1.54, 1.807) is 0 Å². The summed E-state index contributed by atoms with van der Waals surface area (Å²) in [6, 6.07) is 0. The molecule has 0 aliphatic carbocycles. The lowest BCUT2D eigenvalue weighted by molar-refractivity contribution is -0.0754. The molecule has 0 saturated carbocycles. The molecule has 0 spiro atoms. The minimum Gasteiger partial charge on any atom is -0.0915 e. The molecule has 0 aromatic carbocycles. The van der Waals surface area contributed by atoms with Crippen molar-refractivity contribution in [2.75, 3.05) is 0 Å². The van der Waals surface area contributed by atoms with Crippen LogP contribution in [0.3, 0.4) is 0 Å². The maximum atomic E-state index is 5.81. The number of hydrogen-bond donors (Lipinski definition) is 0. The van der Waals surface area contributed by atoms with Gasteiger partial charge in [0.25, 0.3) is 0 Å². The van der Waals surface area contributed by atoms with Gasteiger partial charge in [-0.2, -0.15) is 0 Å². The van der Waals surface area contributed by atoms with Crippen molar-refractivity contribution in [2.24, 2.45) is 0 Å². The topological polar surface area (TPSA) is 9.72 Å². The van der Waals surface area contributed by atoms with E-state index in [-0.39, 0.29) is 0 Å². The van der Waals surface area contributed by atoms with Gasteiger partial charge in [0, 0.05) is 35.3 Å². The molecule has 12 heteroatoms. The van der Waals surface area contributed by atoms with E-state index >= 15 is 0 Å². The van der Waals surface area contributed by atoms with Crippen LogP contribution in [0.5, 0.6) is 0 Å². The molecule has 0 aromatic heterocycles. The van der Waals surface area contributed by atoms with Crippen LogP contribution in [0.25, 0.3) is 0 Å². The zero-order valence-corrected chi connectivity index (χ0v) is 13.0. The lowest BCUT2D eigenvalue weighted by Gasteiger charge is -2.53. The van der Waals surface area contributed by atoms with Gasteiger partial charge in [0.05, 0.1) is 0 Å². The highest BCUT2D eigenvalue weighted by Crippen LogP contribution is 2.62. The van der Waals surface area contributed by atoms with Crippen molar-refractivity contribution >= 4 is 105 Å². The second kappa shape index (κ2) is 4.55. The zero-order valence-electron chi connectivity index (χ0n) is 6.24. The minimum absolute atomic E-state index is 0.520. The Balaban J connectivity index is 3.27. The van der Waals surface area contributed by atoms with Gasteiger partial charge < -0.3 is 0 Å². The van der Waals surface area contributed by atoms with Crippen molar-refractivity contribution in [3.8, 4) is 0 Å². The highest BCUT2D eigenvalue weighted by atomic mass is 35.5. The lowest BCUT2D eigenvalue weighted by Crippen LogP contribution is -2.71. The van der Waals surface area contributed by atoms with E-state index in [1.807, 2.05) is 0 Å². The maximum absolute atomic E-state index is 5.81. The summed E-state index contributed by atoms with van der Waals surface area (Å²) in [5.74, 6) is 0. The molecule has 1 fully saturated rings. The van der Waals surface area contributed by atoms with E-state index in [0.717, 1.165) is 0 Å². The molecule has 0 amide bonds. The third-order valence-corrected chi connectivity index (χ3v) is 6.75. The smallest absolute Gasteiger partial charge is 0.0915 e. The Kier molecular flexibility index (Phi) is 4.72. The quantitative estimate of drug-likeness (QED) is 0.335. The number of rotatable bonds is 0. The Morgan fingerprint density at radius 2 is 0.867 bits per heavy atom. The van der Waals surface area contributed by atoms with E-state index in [1.165, 1.54) is 0 Å². The molecule has 1 saturated heterocycles. The Labute approximate surface area is 131 Å². The van der Waals surface area contributed by atoms with Gasteiger partial charge >= 0.3 is 0 Å². The fourth-order valence-corrected chi connectivity index (χ4v) is 3.01. The van der Waals surface area contributed by atoms with E-state index in [2.05, 4.69) is 0 Å². The van der Waals surface area contributed by atoms with Crippen molar-refractivity contribution in [3.63, 3.8) is 0 Å². The van der Waals surface area contributed by atoms with Gasteiger partial charge in [-0.15, -0.1) is 0 Å². The van der Waals surface area contributed by atoms with Crippen LogP contribution in [0.2, 0.25) is 0 Å². The Morgan fingerprint density at radius 1 is 0.600 bits per heavy atom. The first-order valence-electron chi connectivity index (χ1n) is 2.99. The van der Waals surface area contributed by atoms with Crippen molar-refractivity contribution < 1.29 is 0 Å². The number of hydrogen-bond acceptors (Lipinski definition) is 3. The summed E-state index contributed by atoms with van der Waals surface area (Å²) in [4.78, 5) is 0. The first-order valence-corrected chi connectivity index (χ1v) is 6.27. The number of hydrazine groups is 2. The van der Waals surface area contributed by atoms with E-state index in [9.17, 15) is 0 Å². The van der Waals surface area contributed by atoms with Gasteiger partial charge in [-0.25, -0.2) is 0 Å². The number of alkyl halides is 6. The van der Waals surface area contributed by atoms with Crippen LogP contribution in [-0.4, -0.2) is 26.9 Å². The molecule has 1 aliphatic heterocycles. The molecule has 3 nitrogen and oxygen atoms in total. The van der Waals surface area contributed by atoms with E-state index in [0.29, 0.717) is 13.7 Å². The molecule has 0 atom stereocenters. The van der Waals surface area contributed by atoms with Crippen molar-refractivity contribution in [2.45, 2.75) is 13.2 Å². The summed E-state index contributed by atoms with van der Waals surface area (Å²) in [6.45, 7) is 0. The van der Waals surface area contributed by atoms with E-state index in [4.69, 9.17) is 105 Å². The Morgan fingerprint density at radius 3 is 1.13 bits per heavy atom. The summed E-state index contributed by atoms with van der Waals surface area (Å²) < 4.78 is -4.78. The normalized spacial score (nSPS) is 31.8. The van der Waals surface area contributed by atoms with Gasteiger partial charge in [0.2, 0.25) is 13.2 Å². The molecule has 0 radical (unpaired) electrons. The fraction of sp³-hybridized carbons (Fsp3) is 1.00. The SMILES string of the molecule is ClN1N(Cl)C(Cl)(Cl)C(Cl)(Cl)C(Cl)(Cl)N1Cl. The molecule has 1 heterocycles. The summed E-state index contributed by atoms with van der Waals surface area (Å²) in [5.41, 5.74) is 0. The third-order valence-electron chi connectivity index (χ3n) is 1.51. The average Bonchev–Trinajstić information content (AvgIpc) is 2.12. The molecule has 1 rings (SSSR count). The van der Waals surface area contributed by atoms with Crippen molar-refractivity contribution in [1.82, 2.24) is 13.7 Å². The summed E-state index contributed by atoms with van der Waals surface area (Å²) >= 11 is 51.5. The first-order chi connectivity index (χ1) is 6.48. The minimum atomic E-state index is -2.14. The molecule has 0 bridgehead atoms. The van der Waals surface area contributed by atoms with Crippen LogP contribution in [0.4, 0.5) is 0 Å². The van der Waals surface area contributed by atoms with Crippen LogP contribution < -0.4 is 0 Å². The number of halogens is 9. The molecule has 0 N–H and O–H groups in total. The van der Waals surface area contributed by atoms with Gasteiger partial charge in [-0.1, -0.05) is 78.7 Å². The standard InChI is InChI=1S/C3Cl9N3/c4-1(5)2(6,7)13(10)15(12)14(11)3(1,8)9. The molecule has 0 unspecified atom stereocenters. The highest BCUT2D eigenvalue weighted by Gasteiger charge is 2.72. The van der Waals surface area contributed by atoms with Crippen LogP contribution in [0.15, 0.2) is 0 Å². The molecular formula is C3Cl9N3. The second-order valence-electron chi connectivity index (χ2n) is 2.42. The summed E-state index contributed by atoms with van der Waals surface area (Å²) in [6.07, 6.45) is 0. The highest BCUT2D eigenvalue weighted by molar-refractivity contribution is 6.70. The predicted molar refractivity (Wildman–Crippen MR) is 66.4 cm³/mol. The summed E-state index contributed by atoms with van der Waals surface area (Å²) in [5, 5.41) is 0. The molecular weight excluding hydrogens is 397 g/mol. The average molecular weight is 397 g/mol. The Bertz CT molecular complexity index is 241. The van der Waals surface area contributed by atoms with Gasteiger partial charge in [-0.3, -0.25) is 0 Å². The summed E-state index contributed by atoms with van der Waals surface area (Å²) in [7, 11) is 0. The van der Waals surface area contributed by atoms with Gasteiger partial charge in [0.1, 0.15) is 0 Å². The van der Waals surface area contributed by atoms with Crippen molar-refractivity contribution in [1.29, 1.82) is 0 Å². The van der Waals surface area contributed by atoms with Crippen molar-refractivity contribution in [3.05, 3.63) is 0 Å². The van der Waals surface area contributed by atoms with Crippen LogP contribution in [0, 0.1) is 0 Å². The van der Waals surface area contributed by atoms with Crippen LogP contribution >= 0.6 is 105 Å². The maximum Gasteiger partial charge on any atom is 0.237 e. The fourth-order valence-electron chi connectivity index (χ4n) is 0.689. The Hall–Kier alpha value is 2.49. The molecule has 0 aromatic rings. The molecule has 15 heavy (non-hydrogen) atoms. The van der Waals surface area contributed by atoms with Gasteiger partial charge in [0.15, 0.2) is 0 Å². The predicted octanol–water partition coefficient (Wildman–Crippen LogP) is 4.63. The molecule has 90 valence electrons. The largest absolute Gasteiger partial charge is 0.237 e. The zero-order chi connectivity index (χ0) is 12.2.